The number of hydrogen-bond acceptors (Lipinski definition) is 5. The first-order chi connectivity index (χ1) is 10.6. The fourth-order valence-electron chi connectivity index (χ4n) is 2.07. The molecule has 2 heterocycles. The summed E-state index contributed by atoms with van der Waals surface area (Å²) in [5, 5.41) is 3.46. The van der Waals surface area contributed by atoms with E-state index in [2.05, 4.69) is 10.3 Å². The van der Waals surface area contributed by atoms with Crippen molar-refractivity contribution in [1.29, 1.82) is 0 Å². The van der Waals surface area contributed by atoms with Gasteiger partial charge in [-0.15, -0.1) is 23.1 Å². The molecule has 0 spiro atoms. The van der Waals surface area contributed by atoms with Gasteiger partial charge in [-0.25, -0.2) is 4.98 Å². The van der Waals surface area contributed by atoms with E-state index in [4.69, 9.17) is 4.74 Å². The van der Waals surface area contributed by atoms with E-state index < -0.39 is 0 Å². The van der Waals surface area contributed by atoms with Crippen molar-refractivity contribution in [2.45, 2.75) is 13.8 Å². The number of carbonyl (C=O) groups is 1. The van der Waals surface area contributed by atoms with E-state index in [0.29, 0.717) is 17.5 Å². The summed E-state index contributed by atoms with van der Waals surface area (Å²) in [6.07, 6.45) is 0. The van der Waals surface area contributed by atoms with Gasteiger partial charge in [-0.05, 0) is 19.4 Å². The highest BCUT2D eigenvalue weighted by Crippen LogP contribution is 2.35. The average molecular weight is 332 g/mol. The number of nitrogens with zero attached hydrogens (tertiary/aromatic N) is 1. The van der Waals surface area contributed by atoms with Crippen molar-refractivity contribution >= 4 is 39.0 Å². The summed E-state index contributed by atoms with van der Waals surface area (Å²) in [5.41, 5.74) is 1.94. The van der Waals surface area contributed by atoms with E-state index >= 15 is 0 Å². The number of nitrogens with one attached hydrogen (secondary N) is 1. The van der Waals surface area contributed by atoms with Gasteiger partial charge in [0.1, 0.15) is 0 Å². The molecule has 3 rings (SSSR count). The molecule has 1 amide bonds. The Bertz CT molecular complexity index is 704. The van der Waals surface area contributed by atoms with Crippen molar-refractivity contribution in [2.75, 3.05) is 17.7 Å². The molecule has 22 heavy (non-hydrogen) atoms. The fourth-order valence-corrected chi connectivity index (χ4v) is 3.84. The van der Waals surface area contributed by atoms with Gasteiger partial charge in [-0.3, -0.25) is 10.1 Å². The highest BCUT2D eigenvalue weighted by atomic mass is 32.2. The molecule has 0 saturated heterocycles. The monoisotopic (exact) mass is 332 g/mol. The first-order valence-corrected chi connectivity index (χ1v) is 8.76. The third kappa shape index (κ3) is 3.18. The van der Waals surface area contributed by atoms with Crippen LogP contribution < -0.4 is 5.32 Å². The molecule has 2 aromatic rings. The van der Waals surface area contributed by atoms with Crippen LogP contribution in [0.2, 0.25) is 0 Å². The van der Waals surface area contributed by atoms with E-state index in [1.54, 1.807) is 11.8 Å². The van der Waals surface area contributed by atoms with Crippen LogP contribution in [-0.4, -0.2) is 23.3 Å². The molecule has 0 atom stereocenters. The number of thiazole rings is 1. The summed E-state index contributed by atoms with van der Waals surface area (Å²) in [4.78, 5) is 18.9. The summed E-state index contributed by atoms with van der Waals surface area (Å²) < 4.78 is 5.64. The van der Waals surface area contributed by atoms with Crippen molar-refractivity contribution in [3.63, 3.8) is 0 Å². The number of amides is 1. The number of anilines is 1. The lowest BCUT2D eigenvalue weighted by Gasteiger charge is -2.20. The van der Waals surface area contributed by atoms with Gasteiger partial charge in [-0.1, -0.05) is 30.3 Å². The van der Waals surface area contributed by atoms with Crippen molar-refractivity contribution < 1.29 is 9.53 Å². The molecule has 0 unspecified atom stereocenters. The Labute approximate surface area is 137 Å². The highest BCUT2D eigenvalue weighted by Gasteiger charge is 2.23. The second-order valence-corrected chi connectivity index (χ2v) is 7.14. The molecule has 0 radical (unpaired) electrons. The summed E-state index contributed by atoms with van der Waals surface area (Å²) in [7, 11) is 0. The number of aryl methyl sites for hydroxylation is 2. The molecule has 1 aromatic heterocycles. The predicted octanol–water partition coefficient (Wildman–Crippen LogP) is 3.83. The molecule has 4 nitrogen and oxygen atoms in total. The van der Waals surface area contributed by atoms with Crippen LogP contribution in [0.25, 0.3) is 4.91 Å². The minimum Gasteiger partial charge on any atom is -0.486 e. The zero-order valence-corrected chi connectivity index (χ0v) is 14.0. The van der Waals surface area contributed by atoms with Crippen LogP contribution in [0.4, 0.5) is 5.13 Å². The van der Waals surface area contributed by atoms with E-state index in [9.17, 15) is 4.79 Å². The highest BCUT2D eigenvalue weighted by molar-refractivity contribution is 8.08. The van der Waals surface area contributed by atoms with Gasteiger partial charge >= 0.3 is 0 Å². The Morgan fingerprint density at radius 1 is 1.27 bits per heavy atom. The minimum absolute atomic E-state index is 0.236. The summed E-state index contributed by atoms with van der Waals surface area (Å²) in [6.45, 7) is 4.47. The largest absolute Gasteiger partial charge is 0.486 e. The predicted molar refractivity (Wildman–Crippen MR) is 92.0 cm³/mol. The van der Waals surface area contributed by atoms with Gasteiger partial charge in [0.25, 0.3) is 5.91 Å². The minimum atomic E-state index is -0.236. The van der Waals surface area contributed by atoms with Crippen LogP contribution in [0, 0.1) is 13.8 Å². The molecular weight excluding hydrogens is 316 g/mol. The topological polar surface area (TPSA) is 51.2 Å². The Kier molecular flexibility index (Phi) is 4.49. The standard InChI is InChI=1S/C16H16N2O2S2/c1-10-11(2)22-16(17-10)18-15(19)13-14(21-9-8-20-13)12-6-4-3-5-7-12/h3-7H,8-9H2,1-2H3,(H,17,18,19). The molecule has 0 bridgehead atoms. The normalized spacial score (nSPS) is 14.6. The Hall–Kier alpha value is -1.79. The van der Waals surface area contributed by atoms with Gasteiger partial charge in [-0.2, -0.15) is 0 Å². The zero-order valence-electron chi connectivity index (χ0n) is 12.4. The first-order valence-electron chi connectivity index (χ1n) is 6.96. The first kappa shape index (κ1) is 15.1. The molecule has 6 heteroatoms. The number of hydrogen-bond donors (Lipinski definition) is 1. The molecule has 0 fully saturated rings. The second-order valence-electron chi connectivity index (χ2n) is 4.84. The molecule has 0 aliphatic carbocycles. The Morgan fingerprint density at radius 3 is 2.73 bits per heavy atom. The van der Waals surface area contributed by atoms with Crippen LogP contribution in [0.1, 0.15) is 16.1 Å². The quantitative estimate of drug-likeness (QED) is 0.928. The van der Waals surface area contributed by atoms with Crippen LogP contribution in [0.3, 0.4) is 0 Å². The molecule has 114 valence electrons. The fraction of sp³-hybridized carbons (Fsp3) is 0.250. The molecule has 0 saturated carbocycles. The van der Waals surface area contributed by atoms with Crippen LogP contribution in [0.5, 0.6) is 0 Å². The summed E-state index contributed by atoms with van der Waals surface area (Å²) in [5.74, 6) is 0.990. The molecular formula is C16H16N2O2S2. The number of benzene rings is 1. The number of thioether (sulfide) groups is 1. The van der Waals surface area contributed by atoms with Gasteiger partial charge in [0.2, 0.25) is 0 Å². The lowest BCUT2D eigenvalue weighted by atomic mass is 10.2. The van der Waals surface area contributed by atoms with Gasteiger partial charge < -0.3 is 4.74 Å². The van der Waals surface area contributed by atoms with Gasteiger partial charge in [0.15, 0.2) is 10.9 Å². The summed E-state index contributed by atoms with van der Waals surface area (Å²) >= 11 is 3.12. The number of aromatic nitrogens is 1. The van der Waals surface area contributed by atoms with Gasteiger partial charge in [0.05, 0.1) is 17.2 Å². The molecule has 1 aliphatic heterocycles. The average Bonchev–Trinajstić information content (AvgIpc) is 2.86. The third-order valence-electron chi connectivity index (χ3n) is 3.27. The molecule has 1 aliphatic rings. The zero-order chi connectivity index (χ0) is 15.5. The Morgan fingerprint density at radius 2 is 2.05 bits per heavy atom. The van der Waals surface area contributed by atoms with E-state index in [-0.39, 0.29) is 5.91 Å². The van der Waals surface area contributed by atoms with Crippen LogP contribution >= 0.6 is 23.1 Å². The molecule has 1 aromatic carbocycles. The van der Waals surface area contributed by atoms with Crippen LogP contribution in [-0.2, 0) is 9.53 Å². The third-order valence-corrected chi connectivity index (χ3v) is 5.34. The van der Waals surface area contributed by atoms with E-state index in [0.717, 1.165) is 26.8 Å². The van der Waals surface area contributed by atoms with Crippen molar-refractivity contribution in [1.82, 2.24) is 4.98 Å². The maximum absolute atomic E-state index is 12.5. The maximum atomic E-state index is 12.5. The van der Waals surface area contributed by atoms with Gasteiger partial charge in [0, 0.05) is 10.6 Å². The van der Waals surface area contributed by atoms with Crippen molar-refractivity contribution in [2.24, 2.45) is 0 Å². The number of ether oxygens (including phenoxy) is 1. The number of carbonyl (C=O) groups excluding carboxylic acids is 1. The van der Waals surface area contributed by atoms with Crippen molar-refractivity contribution in [3.05, 3.63) is 52.2 Å². The Balaban J connectivity index is 1.89. The maximum Gasteiger partial charge on any atom is 0.293 e. The van der Waals surface area contributed by atoms with E-state index in [1.807, 2.05) is 44.2 Å². The summed E-state index contributed by atoms with van der Waals surface area (Å²) in [6, 6.07) is 9.85. The SMILES string of the molecule is Cc1nc(NC(=O)C2=C(c3ccccc3)SCCO2)sc1C. The van der Waals surface area contributed by atoms with Crippen LogP contribution in [0.15, 0.2) is 36.1 Å². The smallest absolute Gasteiger partial charge is 0.293 e. The number of rotatable bonds is 3. The lowest BCUT2D eigenvalue weighted by Crippen LogP contribution is -2.21. The lowest BCUT2D eigenvalue weighted by molar-refractivity contribution is -0.115. The second kappa shape index (κ2) is 6.54. The molecule has 1 N–H and O–H groups in total. The van der Waals surface area contributed by atoms with E-state index in [1.165, 1.54) is 11.3 Å². The van der Waals surface area contributed by atoms with Crippen molar-refractivity contribution in [3.8, 4) is 0 Å².